The molecule has 4 nitrogen and oxygen atoms in total. The van der Waals surface area contributed by atoms with Gasteiger partial charge in [0, 0.05) is 39.2 Å². The molecule has 0 saturated heterocycles. The van der Waals surface area contributed by atoms with Crippen LogP contribution in [0.3, 0.4) is 0 Å². The van der Waals surface area contributed by atoms with E-state index in [9.17, 15) is 0 Å². The van der Waals surface area contributed by atoms with Crippen LogP contribution in [0.4, 0.5) is 34.1 Å². The number of rotatable bonds is 6. The van der Waals surface area contributed by atoms with Gasteiger partial charge in [-0.15, -0.1) is 0 Å². The van der Waals surface area contributed by atoms with E-state index in [1.807, 2.05) is 6.07 Å². The summed E-state index contributed by atoms with van der Waals surface area (Å²) in [6.45, 7) is 0. The van der Waals surface area contributed by atoms with Gasteiger partial charge >= 0.3 is 0 Å². The number of fused-ring (bicyclic) bond motifs is 11. The van der Waals surface area contributed by atoms with Crippen molar-refractivity contribution < 1.29 is 4.74 Å². The summed E-state index contributed by atoms with van der Waals surface area (Å²) < 4.78 is 9.15. The van der Waals surface area contributed by atoms with Crippen LogP contribution in [0.2, 0.25) is 0 Å². The fourth-order valence-corrected chi connectivity index (χ4v) is 10.0. The Hall–Kier alpha value is -8.60. The first-order chi connectivity index (χ1) is 31.7. The zero-order valence-corrected chi connectivity index (χ0v) is 34.8. The molecule has 300 valence electrons. The Morgan fingerprint density at radius 2 is 0.797 bits per heavy atom. The van der Waals surface area contributed by atoms with Crippen LogP contribution in [0.5, 0.6) is 11.5 Å². The van der Waals surface area contributed by atoms with Gasteiger partial charge in [-0.3, -0.25) is 0 Å². The average molecular weight is 818 g/mol. The Morgan fingerprint density at radius 1 is 0.297 bits per heavy atom. The molecule has 0 spiro atoms. The van der Waals surface area contributed by atoms with Crippen molar-refractivity contribution >= 4 is 88.2 Å². The largest absolute Gasteiger partial charge is 0.453 e. The van der Waals surface area contributed by atoms with Gasteiger partial charge in [-0.2, -0.15) is 0 Å². The van der Waals surface area contributed by atoms with Crippen LogP contribution in [-0.2, 0) is 0 Å². The van der Waals surface area contributed by atoms with Gasteiger partial charge in [0.25, 0.3) is 0 Å². The molecule has 0 bridgehead atoms. The van der Waals surface area contributed by atoms with Crippen LogP contribution in [0, 0.1) is 0 Å². The van der Waals surface area contributed by atoms with E-state index in [2.05, 4.69) is 245 Å². The number of hydrogen-bond acceptors (Lipinski definition) is 3. The maximum absolute atomic E-state index is 6.73. The minimum Gasteiger partial charge on any atom is -0.453 e. The molecular formula is C60H39N3O. The van der Waals surface area contributed by atoms with Crippen molar-refractivity contribution in [1.29, 1.82) is 0 Å². The highest BCUT2D eigenvalue weighted by Crippen LogP contribution is 2.52. The zero-order chi connectivity index (χ0) is 42.1. The highest BCUT2D eigenvalue weighted by atomic mass is 16.5. The molecule has 1 aliphatic heterocycles. The van der Waals surface area contributed by atoms with Crippen molar-refractivity contribution in [3.8, 4) is 28.3 Å². The van der Waals surface area contributed by atoms with Gasteiger partial charge in [0.15, 0.2) is 11.5 Å². The molecule has 0 unspecified atom stereocenters. The highest BCUT2D eigenvalue weighted by molar-refractivity contribution is 6.25. The molecule has 0 atom stereocenters. The normalized spacial score (nSPS) is 12.2. The Morgan fingerprint density at radius 3 is 1.50 bits per heavy atom. The fraction of sp³-hybridized carbons (Fsp3) is 0. The first kappa shape index (κ1) is 36.1. The molecule has 0 aliphatic carbocycles. The molecule has 0 N–H and O–H groups in total. The second kappa shape index (κ2) is 14.5. The number of nitrogens with zero attached hydrogens (tertiary/aromatic N) is 3. The Kier molecular flexibility index (Phi) is 8.18. The molecule has 13 rings (SSSR count). The van der Waals surface area contributed by atoms with Crippen LogP contribution < -0.4 is 14.5 Å². The number of ether oxygens (including phenoxy) is 1. The first-order valence-corrected chi connectivity index (χ1v) is 21.8. The molecule has 0 amide bonds. The Bertz CT molecular complexity index is 3690. The summed E-state index contributed by atoms with van der Waals surface area (Å²) in [5.74, 6) is 1.63. The van der Waals surface area contributed by atoms with Crippen molar-refractivity contribution in [1.82, 2.24) is 4.57 Å². The smallest absolute Gasteiger partial charge is 0.152 e. The Labute approximate surface area is 370 Å². The third kappa shape index (κ3) is 5.70. The minimum atomic E-state index is 0.814. The monoisotopic (exact) mass is 817 g/mol. The lowest BCUT2D eigenvalue weighted by molar-refractivity contribution is 0.477. The van der Waals surface area contributed by atoms with Gasteiger partial charge in [0.1, 0.15) is 0 Å². The summed E-state index contributed by atoms with van der Waals surface area (Å²) in [4.78, 5) is 4.60. The molecule has 64 heavy (non-hydrogen) atoms. The van der Waals surface area contributed by atoms with Crippen molar-refractivity contribution in [3.63, 3.8) is 0 Å². The van der Waals surface area contributed by atoms with Gasteiger partial charge in [-0.05, 0) is 147 Å². The van der Waals surface area contributed by atoms with Crippen LogP contribution in [0.25, 0.3) is 70.9 Å². The van der Waals surface area contributed by atoms with E-state index >= 15 is 0 Å². The molecule has 0 radical (unpaired) electrons. The minimum absolute atomic E-state index is 0.814. The van der Waals surface area contributed by atoms with E-state index in [1.54, 1.807) is 0 Å². The molecule has 1 aliphatic rings. The zero-order valence-electron chi connectivity index (χ0n) is 34.8. The number of benzene rings is 11. The van der Waals surface area contributed by atoms with Gasteiger partial charge in [-0.1, -0.05) is 133 Å². The molecular weight excluding hydrogens is 779 g/mol. The van der Waals surface area contributed by atoms with Gasteiger partial charge < -0.3 is 19.1 Å². The highest BCUT2D eigenvalue weighted by Gasteiger charge is 2.27. The van der Waals surface area contributed by atoms with Crippen molar-refractivity contribution in [2.45, 2.75) is 0 Å². The third-order valence-corrected chi connectivity index (χ3v) is 12.9. The van der Waals surface area contributed by atoms with E-state index in [0.29, 0.717) is 0 Å². The first-order valence-electron chi connectivity index (χ1n) is 21.8. The van der Waals surface area contributed by atoms with E-state index < -0.39 is 0 Å². The van der Waals surface area contributed by atoms with Gasteiger partial charge in [-0.25, -0.2) is 0 Å². The number of anilines is 6. The number of hydrogen-bond donors (Lipinski definition) is 0. The lowest BCUT2D eigenvalue weighted by Gasteiger charge is -2.33. The third-order valence-electron chi connectivity index (χ3n) is 12.9. The molecule has 11 aromatic carbocycles. The van der Waals surface area contributed by atoms with Crippen LogP contribution in [-0.4, -0.2) is 4.57 Å². The standard InChI is InChI=1S/C60H39N3O/c1-3-15-42(16-4-1)61(43-17-5-2-6-18-43)44-29-31-45(32-30-44)62-57-25-13-14-26-59(57)64-60-38-41(28-36-58(60)62)40-27-35-56-54(37-40)52-23-11-12-24-55(52)63(56)46-33-34-51-49-21-8-7-19-47(49)48-20-9-10-22-50(48)53(51)39-46/h1-39H. The molecule has 0 fully saturated rings. The van der Waals surface area contributed by atoms with Gasteiger partial charge in [0.2, 0.25) is 0 Å². The quantitative estimate of drug-likeness (QED) is 0.156. The molecule has 4 heteroatoms. The second-order valence-electron chi connectivity index (χ2n) is 16.5. The summed E-state index contributed by atoms with van der Waals surface area (Å²) in [6, 6.07) is 85.0. The summed E-state index contributed by atoms with van der Waals surface area (Å²) >= 11 is 0. The maximum Gasteiger partial charge on any atom is 0.152 e. The Balaban J connectivity index is 0.901. The SMILES string of the molecule is c1ccc(N(c2ccccc2)c2ccc(N3c4ccccc4Oc4cc(-c5ccc6c(c5)c5ccccc5n6-c5ccc6c7ccccc7c7ccccc7c6c5)ccc43)cc2)cc1. The number of para-hydroxylation sites is 5. The molecule has 0 saturated carbocycles. The lowest BCUT2D eigenvalue weighted by atomic mass is 9.94. The van der Waals surface area contributed by atoms with Crippen molar-refractivity contribution in [2.24, 2.45) is 0 Å². The van der Waals surface area contributed by atoms with Crippen molar-refractivity contribution in [2.75, 3.05) is 9.80 Å². The van der Waals surface area contributed by atoms with Crippen LogP contribution in [0.1, 0.15) is 0 Å². The van der Waals surface area contributed by atoms with E-state index in [0.717, 1.165) is 62.4 Å². The van der Waals surface area contributed by atoms with Gasteiger partial charge in [0.05, 0.1) is 22.4 Å². The molecule has 1 aromatic heterocycles. The predicted molar refractivity (Wildman–Crippen MR) is 268 cm³/mol. The molecule has 12 aromatic rings. The van der Waals surface area contributed by atoms with E-state index in [4.69, 9.17) is 4.74 Å². The fourth-order valence-electron chi connectivity index (χ4n) is 10.0. The predicted octanol–water partition coefficient (Wildman–Crippen LogP) is 17.0. The van der Waals surface area contributed by atoms with E-state index in [-0.39, 0.29) is 0 Å². The summed E-state index contributed by atoms with van der Waals surface area (Å²) in [5.41, 5.74) is 12.1. The van der Waals surface area contributed by atoms with E-state index in [1.165, 1.54) is 54.1 Å². The maximum atomic E-state index is 6.73. The summed E-state index contributed by atoms with van der Waals surface area (Å²) in [7, 11) is 0. The lowest BCUT2D eigenvalue weighted by Crippen LogP contribution is -2.16. The van der Waals surface area contributed by atoms with Crippen LogP contribution >= 0.6 is 0 Å². The summed E-state index contributed by atoms with van der Waals surface area (Å²) in [6.07, 6.45) is 0. The number of aromatic nitrogens is 1. The summed E-state index contributed by atoms with van der Waals surface area (Å²) in [5, 5.41) is 10.1. The average Bonchev–Trinajstić information content (AvgIpc) is 3.70. The topological polar surface area (TPSA) is 20.6 Å². The van der Waals surface area contributed by atoms with Crippen molar-refractivity contribution in [3.05, 3.63) is 237 Å². The van der Waals surface area contributed by atoms with Crippen LogP contribution in [0.15, 0.2) is 237 Å². The molecule has 2 heterocycles. The second-order valence-corrected chi connectivity index (χ2v) is 16.5.